The Balaban J connectivity index is 1.54. The molecule has 1 heterocycles. The summed E-state index contributed by atoms with van der Waals surface area (Å²) in [5.41, 5.74) is 10.3. The first-order chi connectivity index (χ1) is 16.7. The van der Waals surface area contributed by atoms with Gasteiger partial charge in [0.05, 0.1) is 12.2 Å². The lowest BCUT2D eigenvalue weighted by atomic mass is 10.1. The van der Waals surface area contributed by atoms with Gasteiger partial charge < -0.3 is 25.0 Å². The molecule has 1 aliphatic heterocycles. The van der Waals surface area contributed by atoms with Gasteiger partial charge in [0, 0.05) is 51.6 Å². The van der Waals surface area contributed by atoms with Gasteiger partial charge in [-0.2, -0.15) is 0 Å². The standard InChI is InChI=1S/C26H35N5O3/c1-33-14-5-12-29-23-16-19(8-11-22(23)25(27)30-20-6-3-2-4-7-20)18-31(21-9-10-21)26(32)24-17-28-13-15-34-24/h2-4,6-8,11,16,21,24,28-29H,5,9-10,12-15,17-18H2,1H3,(H2,27,30)/p+1/t24-/m1/s1. The van der Waals surface area contributed by atoms with Crippen molar-refractivity contribution in [2.45, 2.75) is 38.0 Å². The molecule has 5 N–H and O–H groups in total. The zero-order valence-corrected chi connectivity index (χ0v) is 19.9. The van der Waals surface area contributed by atoms with Gasteiger partial charge in [-0.1, -0.05) is 24.3 Å². The highest BCUT2D eigenvalue weighted by molar-refractivity contribution is 5.99. The average Bonchev–Trinajstić information content (AvgIpc) is 3.71. The second-order valence-corrected chi connectivity index (χ2v) is 8.82. The third-order valence-corrected chi connectivity index (χ3v) is 6.09. The topological polar surface area (TPSA) is 103 Å². The van der Waals surface area contributed by atoms with E-state index in [4.69, 9.17) is 15.2 Å². The molecule has 1 aliphatic carbocycles. The summed E-state index contributed by atoms with van der Waals surface area (Å²) in [6.07, 6.45) is 2.58. The molecule has 1 atom stereocenters. The van der Waals surface area contributed by atoms with Crippen LogP contribution in [0.1, 0.15) is 30.4 Å². The molecular weight excluding hydrogens is 430 g/mol. The van der Waals surface area contributed by atoms with Crippen LogP contribution >= 0.6 is 0 Å². The van der Waals surface area contributed by atoms with Gasteiger partial charge in [0.1, 0.15) is 11.8 Å². The molecule has 2 aromatic carbocycles. The third kappa shape index (κ3) is 6.56. The summed E-state index contributed by atoms with van der Waals surface area (Å²) in [5, 5.41) is 6.77. The average molecular weight is 467 g/mol. The van der Waals surface area contributed by atoms with Crippen LogP contribution in [-0.4, -0.2) is 68.7 Å². The number of morpholine rings is 1. The van der Waals surface area contributed by atoms with Gasteiger partial charge in [0.2, 0.25) is 0 Å². The van der Waals surface area contributed by atoms with Gasteiger partial charge in [0.15, 0.2) is 0 Å². The number of ether oxygens (including phenoxy) is 2. The van der Waals surface area contributed by atoms with E-state index in [1.165, 1.54) is 0 Å². The Labute approximate surface area is 201 Å². The molecule has 2 fully saturated rings. The number of hydrogen-bond donors (Lipinski definition) is 4. The first-order valence-electron chi connectivity index (χ1n) is 12.1. The van der Waals surface area contributed by atoms with E-state index in [-0.39, 0.29) is 5.91 Å². The van der Waals surface area contributed by atoms with Crippen LogP contribution in [0.15, 0.2) is 48.5 Å². The van der Waals surface area contributed by atoms with Crippen LogP contribution in [0.3, 0.4) is 0 Å². The maximum absolute atomic E-state index is 13.2. The second kappa shape index (κ2) is 12.0. The molecule has 0 spiro atoms. The maximum atomic E-state index is 13.2. The lowest BCUT2D eigenvalue weighted by Crippen LogP contribution is -2.69. The van der Waals surface area contributed by atoms with E-state index in [1.807, 2.05) is 41.3 Å². The van der Waals surface area contributed by atoms with Crippen LogP contribution in [0.5, 0.6) is 0 Å². The number of nitrogens with two attached hydrogens (primary N) is 1. The first-order valence-corrected chi connectivity index (χ1v) is 12.1. The molecule has 0 aromatic heterocycles. The minimum atomic E-state index is -0.403. The van der Waals surface area contributed by atoms with Gasteiger partial charge in [-0.3, -0.25) is 10.5 Å². The smallest absolute Gasteiger partial charge is 0.280 e. The minimum Gasteiger partial charge on any atom is -0.385 e. The number of carbonyl (C=O) groups excluding carboxylic acids is 1. The molecule has 0 radical (unpaired) electrons. The summed E-state index contributed by atoms with van der Waals surface area (Å²) >= 11 is 0. The van der Waals surface area contributed by atoms with E-state index in [2.05, 4.69) is 27.8 Å². The Morgan fingerprint density at radius 3 is 2.79 bits per heavy atom. The Bertz CT molecular complexity index is 972. The number of para-hydroxylation sites is 1. The Morgan fingerprint density at radius 2 is 2.09 bits per heavy atom. The predicted octanol–water partition coefficient (Wildman–Crippen LogP) is 0.732. The number of amidine groups is 1. The molecule has 34 heavy (non-hydrogen) atoms. The number of hydrogen-bond acceptors (Lipinski definition) is 5. The van der Waals surface area contributed by atoms with Crippen molar-refractivity contribution in [2.24, 2.45) is 5.73 Å². The zero-order valence-electron chi connectivity index (χ0n) is 19.9. The Kier molecular flexibility index (Phi) is 8.51. The molecule has 182 valence electrons. The van der Waals surface area contributed by atoms with Crippen LogP contribution < -0.4 is 21.4 Å². The number of nitrogen functional groups attached to an aromatic ring is 1. The Morgan fingerprint density at radius 1 is 1.26 bits per heavy atom. The molecule has 1 saturated heterocycles. The molecule has 8 nitrogen and oxygen atoms in total. The number of benzene rings is 2. The number of nitrogens with zero attached hydrogens (tertiary/aromatic N) is 1. The van der Waals surface area contributed by atoms with Gasteiger partial charge in [-0.25, -0.2) is 4.99 Å². The quantitative estimate of drug-likeness (QED) is 0.221. The maximum Gasteiger partial charge on any atom is 0.280 e. The molecule has 0 unspecified atom stereocenters. The highest BCUT2D eigenvalue weighted by atomic mass is 16.5. The molecule has 4 rings (SSSR count). The van der Waals surface area contributed by atoms with E-state index in [9.17, 15) is 4.79 Å². The van der Waals surface area contributed by atoms with E-state index >= 15 is 0 Å². The summed E-state index contributed by atoms with van der Waals surface area (Å²) in [6, 6.07) is 16.3. The molecule has 2 aromatic rings. The van der Waals surface area contributed by atoms with Crippen molar-refractivity contribution >= 4 is 23.1 Å². The fourth-order valence-electron chi connectivity index (χ4n) is 4.13. The van der Waals surface area contributed by atoms with Gasteiger partial charge in [-0.05, 0) is 49.1 Å². The lowest BCUT2D eigenvalue weighted by molar-refractivity contribution is -0.354. The van der Waals surface area contributed by atoms with Crippen molar-refractivity contribution in [3.8, 4) is 0 Å². The van der Waals surface area contributed by atoms with Gasteiger partial charge in [-0.15, -0.1) is 0 Å². The molecule has 1 amide bonds. The number of carbonyl (C=O) groups is 1. The predicted molar refractivity (Wildman–Crippen MR) is 133 cm³/mol. The molecule has 2 aliphatic rings. The molecule has 1 saturated carbocycles. The van der Waals surface area contributed by atoms with Crippen LogP contribution in [-0.2, 0) is 20.8 Å². The summed E-state index contributed by atoms with van der Waals surface area (Å²) in [4.78, 5) is 18.5. The SMILES string of the molecule is COCCCNc1cc(CN(C(=O)[C@H]2CNCCO2)C2CC2)ccc1C(N)=[NH+]c1ccccc1. The van der Waals surface area contributed by atoms with Crippen molar-refractivity contribution in [3.05, 3.63) is 59.7 Å². The minimum absolute atomic E-state index is 0.0743. The van der Waals surface area contributed by atoms with Crippen molar-refractivity contribution in [1.82, 2.24) is 10.2 Å². The summed E-state index contributed by atoms with van der Waals surface area (Å²) in [7, 11) is 1.70. The molecular formula is C26H36N5O3+. The number of anilines is 1. The third-order valence-electron chi connectivity index (χ3n) is 6.09. The monoisotopic (exact) mass is 466 g/mol. The van der Waals surface area contributed by atoms with E-state index in [1.54, 1.807) is 7.11 Å². The van der Waals surface area contributed by atoms with Crippen molar-refractivity contribution in [1.29, 1.82) is 0 Å². The van der Waals surface area contributed by atoms with Crippen LogP contribution in [0.2, 0.25) is 0 Å². The number of amides is 1. The largest absolute Gasteiger partial charge is 0.385 e. The van der Waals surface area contributed by atoms with Crippen molar-refractivity contribution < 1.29 is 19.3 Å². The normalized spacial score (nSPS) is 18.5. The highest BCUT2D eigenvalue weighted by Gasteiger charge is 2.37. The number of nitrogens with one attached hydrogen (secondary N) is 3. The van der Waals surface area contributed by atoms with Crippen molar-refractivity contribution in [3.63, 3.8) is 0 Å². The fourth-order valence-corrected chi connectivity index (χ4v) is 4.13. The summed E-state index contributed by atoms with van der Waals surface area (Å²) in [5.74, 6) is 0.647. The van der Waals surface area contributed by atoms with Crippen LogP contribution in [0, 0.1) is 0 Å². The van der Waals surface area contributed by atoms with Crippen molar-refractivity contribution in [2.75, 3.05) is 45.3 Å². The Hall–Kier alpha value is -2.94. The van der Waals surface area contributed by atoms with E-state index in [0.29, 0.717) is 38.2 Å². The van der Waals surface area contributed by atoms with Gasteiger partial charge >= 0.3 is 0 Å². The van der Waals surface area contributed by atoms with E-state index in [0.717, 1.165) is 54.9 Å². The zero-order chi connectivity index (χ0) is 23.8. The van der Waals surface area contributed by atoms with Crippen LogP contribution in [0.4, 0.5) is 11.4 Å². The molecule has 8 heteroatoms. The summed E-state index contributed by atoms with van der Waals surface area (Å²) < 4.78 is 10.9. The van der Waals surface area contributed by atoms with E-state index < -0.39 is 6.10 Å². The highest BCUT2D eigenvalue weighted by Crippen LogP contribution is 2.30. The van der Waals surface area contributed by atoms with Crippen LogP contribution in [0.25, 0.3) is 0 Å². The summed E-state index contributed by atoms with van der Waals surface area (Å²) in [6.45, 7) is 3.94. The first kappa shape index (κ1) is 24.2. The number of methoxy groups -OCH3 is 1. The lowest BCUT2D eigenvalue weighted by Gasteiger charge is -2.30. The second-order valence-electron chi connectivity index (χ2n) is 8.82. The van der Waals surface area contributed by atoms with Gasteiger partial charge in [0.25, 0.3) is 11.7 Å². The number of rotatable bonds is 11. The molecule has 0 bridgehead atoms. The fraction of sp³-hybridized carbons (Fsp3) is 0.462.